The van der Waals surface area contributed by atoms with E-state index >= 15 is 0 Å². The van der Waals surface area contributed by atoms with E-state index in [0.29, 0.717) is 0 Å². The lowest BCUT2D eigenvalue weighted by Gasteiger charge is -2.08. The summed E-state index contributed by atoms with van der Waals surface area (Å²) in [6, 6.07) is 4.26. The fourth-order valence-corrected chi connectivity index (χ4v) is 1.49. The van der Waals surface area contributed by atoms with E-state index in [1.165, 1.54) is 16.7 Å². The molecule has 5 heteroatoms. The molecule has 84 valence electrons. The van der Waals surface area contributed by atoms with Gasteiger partial charge in [0.2, 0.25) is 0 Å². The Morgan fingerprint density at radius 1 is 1.00 bits per heavy atom. The Morgan fingerprint density at radius 3 is 1.60 bits per heavy atom. The molecule has 0 saturated heterocycles. The number of hydrogen-bond acceptors (Lipinski definition) is 4. The summed E-state index contributed by atoms with van der Waals surface area (Å²) in [5.74, 6) is 1.01. The Bertz CT molecular complexity index is 404. The Morgan fingerprint density at radius 2 is 1.33 bits per heavy atom. The molecule has 0 amide bonds. The van der Waals surface area contributed by atoms with Crippen LogP contribution in [0.2, 0.25) is 0 Å². The molecular formula is C10H14O4S. The van der Waals surface area contributed by atoms with Crippen molar-refractivity contribution >= 4 is 10.6 Å². The highest BCUT2D eigenvalue weighted by Gasteiger charge is 2.01. The first-order valence-corrected chi connectivity index (χ1v) is 5.27. The van der Waals surface area contributed by atoms with Crippen molar-refractivity contribution in [3.63, 3.8) is 0 Å². The SMILES string of the molecule is COc1c(C)cc(C)cc1C.O=S(=O)=O. The van der Waals surface area contributed by atoms with Gasteiger partial charge in [0.15, 0.2) is 0 Å². The van der Waals surface area contributed by atoms with E-state index in [1.807, 2.05) is 0 Å². The predicted molar refractivity (Wildman–Crippen MR) is 56.9 cm³/mol. The molecule has 0 N–H and O–H groups in total. The predicted octanol–water partition coefficient (Wildman–Crippen LogP) is 1.62. The summed E-state index contributed by atoms with van der Waals surface area (Å²) in [6.45, 7) is 6.23. The van der Waals surface area contributed by atoms with E-state index < -0.39 is 10.6 Å². The molecule has 4 nitrogen and oxygen atoms in total. The molecule has 0 aromatic heterocycles. The van der Waals surface area contributed by atoms with E-state index in [-0.39, 0.29) is 0 Å². The van der Waals surface area contributed by atoms with Gasteiger partial charge in [0.25, 0.3) is 0 Å². The van der Waals surface area contributed by atoms with Gasteiger partial charge in [-0.25, -0.2) is 0 Å². The zero-order valence-electron chi connectivity index (χ0n) is 9.20. The minimum absolute atomic E-state index is 1.01. The van der Waals surface area contributed by atoms with Gasteiger partial charge in [-0.05, 0) is 31.9 Å². The van der Waals surface area contributed by atoms with Crippen molar-refractivity contribution in [1.82, 2.24) is 0 Å². The van der Waals surface area contributed by atoms with Crippen LogP contribution in [0.5, 0.6) is 5.75 Å². The van der Waals surface area contributed by atoms with Crippen LogP contribution >= 0.6 is 0 Å². The van der Waals surface area contributed by atoms with Gasteiger partial charge in [0.1, 0.15) is 5.75 Å². The third kappa shape index (κ3) is 5.17. The van der Waals surface area contributed by atoms with Gasteiger partial charge >= 0.3 is 10.6 Å². The van der Waals surface area contributed by atoms with Crippen molar-refractivity contribution in [3.05, 3.63) is 28.8 Å². The number of benzene rings is 1. The van der Waals surface area contributed by atoms with E-state index in [0.717, 1.165) is 5.75 Å². The van der Waals surface area contributed by atoms with Gasteiger partial charge in [-0.2, -0.15) is 0 Å². The van der Waals surface area contributed by atoms with Crippen molar-refractivity contribution in [1.29, 1.82) is 0 Å². The Labute approximate surface area is 91.0 Å². The molecule has 0 fully saturated rings. The molecule has 0 aliphatic rings. The standard InChI is InChI=1S/C10H14O.O3S/c1-7-5-8(2)10(11-4)9(3)6-7;1-4(2)3/h5-6H,1-4H3;. The molecule has 0 unspecified atom stereocenters. The number of ether oxygens (including phenoxy) is 1. The minimum Gasteiger partial charge on any atom is -0.496 e. The minimum atomic E-state index is -3.11. The normalized spacial score (nSPS) is 8.80. The Kier molecular flexibility index (Phi) is 5.62. The maximum atomic E-state index is 8.44. The second kappa shape index (κ2) is 6.19. The van der Waals surface area contributed by atoms with Crippen molar-refractivity contribution in [2.24, 2.45) is 0 Å². The van der Waals surface area contributed by atoms with Crippen LogP contribution in [-0.4, -0.2) is 19.7 Å². The van der Waals surface area contributed by atoms with Crippen molar-refractivity contribution < 1.29 is 17.4 Å². The van der Waals surface area contributed by atoms with Crippen LogP contribution in [0.15, 0.2) is 12.1 Å². The van der Waals surface area contributed by atoms with Crippen molar-refractivity contribution in [3.8, 4) is 5.75 Å². The largest absolute Gasteiger partial charge is 0.496 e. The summed E-state index contributed by atoms with van der Waals surface area (Å²) in [5, 5.41) is 0. The van der Waals surface area contributed by atoms with Gasteiger partial charge < -0.3 is 4.74 Å². The zero-order chi connectivity index (χ0) is 12.0. The summed E-state index contributed by atoms with van der Waals surface area (Å²) in [5.41, 5.74) is 3.72. The van der Waals surface area contributed by atoms with Gasteiger partial charge in [-0.3, -0.25) is 0 Å². The van der Waals surface area contributed by atoms with Crippen LogP contribution in [0.1, 0.15) is 16.7 Å². The maximum absolute atomic E-state index is 8.44. The van der Waals surface area contributed by atoms with E-state index in [2.05, 4.69) is 32.9 Å². The molecule has 0 saturated carbocycles. The van der Waals surface area contributed by atoms with Crippen molar-refractivity contribution in [2.45, 2.75) is 20.8 Å². The smallest absolute Gasteiger partial charge is 0.425 e. The fourth-order valence-electron chi connectivity index (χ4n) is 1.49. The molecule has 0 aliphatic carbocycles. The average molecular weight is 230 g/mol. The lowest BCUT2D eigenvalue weighted by atomic mass is 10.1. The van der Waals surface area contributed by atoms with Crippen LogP contribution in [0, 0.1) is 20.8 Å². The molecule has 1 aromatic rings. The van der Waals surface area contributed by atoms with Crippen molar-refractivity contribution in [2.75, 3.05) is 7.11 Å². The van der Waals surface area contributed by atoms with E-state index in [1.54, 1.807) is 7.11 Å². The second-order valence-corrected chi connectivity index (χ2v) is 3.54. The molecule has 0 bridgehead atoms. The summed E-state index contributed by atoms with van der Waals surface area (Å²) in [7, 11) is -1.40. The number of hydrogen-bond donors (Lipinski definition) is 0. The highest BCUT2D eigenvalue weighted by atomic mass is 32.2. The molecule has 0 atom stereocenters. The molecule has 0 spiro atoms. The van der Waals surface area contributed by atoms with E-state index in [9.17, 15) is 0 Å². The van der Waals surface area contributed by atoms with Crippen LogP contribution in [0.3, 0.4) is 0 Å². The molecule has 0 radical (unpaired) electrons. The molecule has 1 aromatic carbocycles. The number of rotatable bonds is 1. The first-order chi connectivity index (χ1) is 6.88. The van der Waals surface area contributed by atoms with Gasteiger partial charge in [-0.1, -0.05) is 17.7 Å². The lowest BCUT2D eigenvalue weighted by Crippen LogP contribution is -1.91. The summed E-state index contributed by atoms with van der Waals surface area (Å²) < 4.78 is 30.6. The first-order valence-electron chi connectivity index (χ1n) is 4.27. The summed E-state index contributed by atoms with van der Waals surface area (Å²) in [6.07, 6.45) is 0. The van der Waals surface area contributed by atoms with Gasteiger partial charge in [-0.15, -0.1) is 12.6 Å². The fraction of sp³-hybridized carbons (Fsp3) is 0.400. The molecular weight excluding hydrogens is 216 g/mol. The lowest BCUT2D eigenvalue weighted by molar-refractivity contribution is 0.408. The quantitative estimate of drug-likeness (QED) is 0.735. The number of aryl methyl sites for hydroxylation is 3. The van der Waals surface area contributed by atoms with E-state index in [4.69, 9.17) is 17.4 Å². The summed E-state index contributed by atoms with van der Waals surface area (Å²) >= 11 is 0. The topological polar surface area (TPSA) is 60.4 Å². The van der Waals surface area contributed by atoms with Crippen LogP contribution in [0.4, 0.5) is 0 Å². The number of methoxy groups -OCH3 is 1. The second-order valence-electron chi connectivity index (χ2n) is 3.14. The molecule has 15 heavy (non-hydrogen) atoms. The Balaban J connectivity index is 0.000000423. The van der Waals surface area contributed by atoms with Gasteiger partial charge in [0.05, 0.1) is 7.11 Å². The molecule has 0 aliphatic heterocycles. The van der Waals surface area contributed by atoms with Crippen LogP contribution in [0.25, 0.3) is 0 Å². The maximum Gasteiger partial charge on any atom is 0.425 e. The average Bonchev–Trinajstić information content (AvgIpc) is 2.01. The first kappa shape index (κ1) is 13.6. The molecule has 0 heterocycles. The third-order valence-electron chi connectivity index (χ3n) is 1.81. The zero-order valence-corrected chi connectivity index (χ0v) is 10.0. The van der Waals surface area contributed by atoms with Crippen LogP contribution < -0.4 is 4.74 Å². The highest BCUT2D eigenvalue weighted by Crippen LogP contribution is 2.23. The summed E-state index contributed by atoms with van der Waals surface area (Å²) in [4.78, 5) is 0. The van der Waals surface area contributed by atoms with Gasteiger partial charge in [0, 0.05) is 0 Å². The molecule has 1 rings (SSSR count). The monoisotopic (exact) mass is 230 g/mol. The third-order valence-corrected chi connectivity index (χ3v) is 1.81. The highest BCUT2D eigenvalue weighted by molar-refractivity contribution is 7.59. The van der Waals surface area contributed by atoms with Crippen LogP contribution in [-0.2, 0) is 10.6 Å². The Hall–Kier alpha value is -1.36.